The Morgan fingerprint density at radius 1 is 1.33 bits per heavy atom. The second kappa shape index (κ2) is 5.92. The molecule has 4 rings (SSSR count). The van der Waals surface area contributed by atoms with Gasteiger partial charge in [-0.2, -0.15) is 0 Å². The normalized spacial score (nSPS) is 21.2. The van der Waals surface area contributed by atoms with Crippen molar-refractivity contribution in [2.75, 3.05) is 26.2 Å². The molecule has 2 aromatic rings. The van der Waals surface area contributed by atoms with Crippen molar-refractivity contribution >= 4 is 22.8 Å². The molecule has 0 saturated carbocycles. The minimum absolute atomic E-state index is 0.0674. The molecule has 2 fully saturated rings. The van der Waals surface area contributed by atoms with Crippen LogP contribution in [0.1, 0.15) is 29.6 Å². The van der Waals surface area contributed by atoms with E-state index in [1.165, 1.54) is 0 Å². The van der Waals surface area contributed by atoms with Crippen molar-refractivity contribution < 1.29 is 9.59 Å². The molecule has 6 nitrogen and oxygen atoms in total. The highest BCUT2D eigenvalue weighted by Gasteiger charge is 2.30. The fraction of sp³-hybridized carbons (Fsp3) is 0.500. The molecule has 1 aromatic carbocycles. The molecule has 3 heterocycles. The second-order valence-electron chi connectivity index (χ2n) is 6.91. The van der Waals surface area contributed by atoms with Gasteiger partial charge in [0.2, 0.25) is 5.91 Å². The van der Waals surface area contributed by atoms with Gasteiger partial charge in [-0.05, 0) is 37.0 Å². The van der Waals surface area contributed by atoms with E-state index in [9.17, 15) is 9.59 Å². The number of carbonyl (C=O) groups excluding carboxylic acids is 2. The first-order valence-corrected chi connectivity index (χ1v) is 8.60. The lowest BCUT2D eigenvalue weighted by atomic mass is 10.1. The summed E-state index contributed by atoms with van der Waals surface area (Å²) in [6, 6.07) is 5.70. The second-order valence-corrected chi connectivity index (χ2v) is 6.91. The lowest BCUT2D eigenvalue weighted by Crippen LogP contribution is -2.33. The Morgan fingerprint density at radius 2 is 2.21 bits per heavy atom. The predicted molar refractivity (Wildman–Crippen MR) is 90.5 cm³/mol. The molecule has 2 aliphatic rings. The lowest BCUT2D eigenvalue weighted by Gasteiger charge is -2.21. The minimum Gasteiger partial charge on any atom is -0.342 e. The zero-order valence-corrected chi connectivity index (χ0v) is 13.9. The summed E-state index contributed by atoms with van der Waals surface area (Å²) >= 11 is 0. The number of imidazole rings is 1. The Labute approximate surface area is 141 Å². The fourth-order valence-electron chi connectivity index (χ4n) is 3.83. The van der Waals surface area contributed by atoms with Gasteiger partial charge in [0.1, 0.15) is 0 Å². The van der Waals surface area contributed by atoms with E-state index in [1.54, 1.807) is 6.33 Å². The van der Waals surface area contributed by atoms with Gasteiger partial charge in [0.15, 0.2) is 0 Å². The summed E-state index contributed by atoms with van der Waals surface area (Å²) in [4.78, 5) is 32.7. The summed E-state index contributed by atoms with van der Waals surface area (Å²) in [6.45, 7) is 3.18. The fourth-order valence-corrected chi connectivity index (χ4v) is 3.83. The van der Waals surface area contributed by atoms with Gasteiger partial charge in [-0.25, -0.2) is 4.98 Å². The first-order chi connectivity index (χ1) is 11.6. The van der Waals surface area contributed by atoms with Crippen molar-refractivity contribution in [3.8, 4) is 0 Å². The summed E-state index contributed by atoms with van der Waals surface area (Å²) in [5.41, 5.74) is 2.57. The Bertz CT molecular complexity index is 797. The first-order valence-electron chi connectivity index (χ1n) is 8.60. The van der Waals surface area contributed by atoms with Crippen molar-refractivity contribution in [3.05, 3.63) is 30.1 Å². The van der Waals surface area contributed by atoms with Crippen LogP contribution in [0.4, 0.5) is 0 Å². The third kappa shape index (κ3) is 2.66. The summed E-state index contributed by atoms with van der Waals surface area (Å²) in [5, 5.41) is 0. The number of aryl methyl sites for hydroxylation is 1. The minimum atomic E-state index is 0.0674. The zero-order valence-electron chi connectivity index (χ0n) is 13.9. The summed E-state index contributed by atoms with van der Waals surface area (Å²) < 4.78 is 1.95. The van der Waals surface area contributed by atoms with Crippen molar-refractivity contribution in [2.45, 2.75) is 19.3 Å². The van der Waals surface area contributed by atoms with E-state index < -0.39 is 0 Å². The number of hydrogen-bond donors (Lipinski definition) is 0. The van der Waals surface area contributed by atoms with Crippen LogP contribution in [0.3, 0.4) is 0 Å². The van der Waals surface area contributed by atoms with E-state index in [1.807, 2.05) is 39.6 Å². The van der Waals surface area contributed by atoms with Crippen LogP contribution in [0, 0.1) is 5.92 Å². The van der Waals surface area contributed by atoms with Gasteiger partial charge >= 0.3 is 0 Å². The zero-order chi connectivity index (χ0) is 16.7. The molecule has 0 bridgehead atoms. The van der Waals surface area contributed by atoms with E-state index in [4.69, 9.17) is 0 Å². The summed E-state index contributed by atoms with van der Waals surface area (Å²) in [5.74, 6) is 0.729. The highest BCUT2D eigenvalue weighted by molar-refractivity contribution is 5.97. The van der Waals surface area contributed by atoms with Crippen molar-refractivity contribution in [1.29, 1.82) is 0 Å². The van der Waals surface area contributed by atoms with Crippen LogP contribution in [0.25, 0.3) is 11.0 Å². The van der Waals surface area contributed by atoms with E-state index in [0.29, 0.717) is 17.9 Å². The molecule has 1 aromatic heterocycles. The largest absolute Gasteiger partial charge is 0.342 e. The van der Waals surface area contributed by atoms with Gasteiger partial charge in [-0.3, -0.25) is 9.59 Å². The third-order valence-electron chi connectivity index (χ3n) is 5.20. The highest BCUT2D eigenvalue weighted by Crippen LogP contribution is 2.23. The van der Waals surface area contributed by atoms with Gasteiger partial charge in [0.05, 0.1) is 17.4 Å². The third-order valence-corrected chi connectivity index (χ3v) is 5.20. The molecule has 0 spiro atoms. The molecule has 2 aliphatic heterocycles. The molecule has 1 unspecified atom stereocenters. The first kappa shape index (κ1) is 15.2. The number of hydrogen-bond acceptors (Lipinski definition) is 3. The van der Waals surface area contributed by atoms with Crippen molar-refractivity contribution in [3.63, 3.8) is 0 Å². The SMILES string of the molecule is Cn1cnc2cc(C(=O)N3CCC(CN4CCCC4=O)C3)ccc21. The van der Waals surface area contributed by atoms with Gasteiger partial charge in [-0.1, -0.05) is 0 Å². The van der Waals surface area contributed by atoms with Crippen molar-refractivity contribution in [2.24, 2.45) is 13.0 Å². The maximum Gasteiger partial charge on any atom is 0.253 e. The Balaban J connectivity index is 1.43. The number of fused-ring (bicyclic) bond motifs is 1. The smallest absolute Gasteiger partial charge is 0.253 e. The number of aromatic nitrogens is 2. The lowest BCUT2D eigenvalue weighted by molar-refractivity contribution is -0.128. The number of nitrogens with zero attached hydrogens (tertiary/aromatic N) is 4. The van der Waals surface area contributed by atoms with Crippen LogP contribution in [0.15, 0.2) is 24.5 Å². The van der Waals surface area contributed by atoms with Gasteiger partial charge in [0.25, 0.3) is 5.91 Å². The molecule has 2 saturated heterocycles. The van der Waals surface area contributed by atoms with Crippen LogP contribution in [0.5, 0.6) is 0 Å². The number of rotatable bonds is 3. The van der Waals surface area contributed by atoms with Gasteiger partial charge in [-0.15, -0.1) is 0 Å². The van der Waals surface area contributed by atoms with Crippen LogP contribution in [0.2, 0.25) is 0 Å². The van der Waals surface area contributed by atoms with Crippen molar-refractivity contribution in [1.82, 2.24) is 19.4 Å². The molecule has 2 amide bonds. The molecule has 1 atom stereocenters. The van der Waals surface area contributed by atoms with E-state index >= 15 is 0 Å². The number of carbonyl (C=O) groups is 2. The number of likely N-dealkylation sites (tertiary alicyclic amines) is 2. The topological polar surface area (TPSA) is 58.4 Å². The maximum atomic E-state index is 12.8. The van der Waals surface area contributed by atoms with Gasteiger partial charge < -0.3 is 14.4 Å². The molecule has 6 heteroatoms. The van der Waals surface area contributed by atoms with E-state index in [2.05, 4.69) is 4.98 Å². The highest BCUT2D eigenvalue weighted by atomic mass is 16.2. The van der Waals surface area contributed by atoms with Crippen LogP contribution in [-0.4, -0.2) is 57.3 Å². The van der Waals surface area contributed by atoms with Crippen LogP contribution >= 0.6 is 0 Å². The molecule has 24 heavy (non-hydrogen) atoms. The number of benzene rings is 1. The molecule has 0 N–H and O–H groups in total. The Kier molecular flexibility index (Phi) is 3.75. The Morgan fingerprint density at radius 3 is 3.00 bits per heavy atom. The van der Waals surface area contributed by atoms with E-state index in [0.717, 1.165) is 50.1 Å². The molecule has 0 aliphatic carbocycles. The average Bonchev–Trinajstić information content (AvgIpc) is 3.29. The Hall–Kier alpha value is -2.37. The van der Waals surface area contributed by atoms with Crippen LogP contribution in [-0.2, 0) is 11.8 Å². The molecule has 0 radical (unpaired) electrons. The molecular formula is C18H22N4O2. The summed E-state index contributed by atoms with van der Waals surface area (Å²) in [6.07, 6.45) is 4.39. The van der Waals surface area contributed by atoms with Crippen LogP contribution < -0.4 is 0 Å². The quantitative estimate of drug-likeness (QED) is 0.862. The maximum absolute atomic E-state index is 12.8. The predicted octanol–water partition coefficient (Wildman–Crippen LogP) is 1.66. The summed E-state index contributed by atoms with van der Waals surface area (Å²) in [7, 11) is 1.95. The van der Waals surface area contributed by atoms with Gasteiger partial charge in [0, 0.05) is 45.2 Å². The molecule has 126 valence electrons. The van der Waals surface area contributed by atoms with E-state index in [-0.39, 0.29) is 11.8 Å². The standard InChI is InChI=1S/C18H22N4O2/c1-20-12-19-15-9-14(4-5-16(15)20)18(24)22-8-6-13(11-22)10-21-7-2-3-17(21)23/h4-5,9,12-13H,2-3,6-8,10-11H2,1H3. The monoisotopic (exact) mass is 326 g/mol. The number of amides is 2. The molecular weight excluding hydrogens is 304 g/mol. The average molecular weight is 326 g/mol.